The number of hydrogen-bond acceptors (Lipinski definition) is 5. The van der Waals surface area contributed by atoms with E-state index in [0.717, 1.165) is 5.56 Å². The highest BCUT2D eigenvalue weighted by atomic mass is 35.5. The summed E-state index contributed by atoms with van der Waals surface area (Å²) in [5, 5.41) is 13.3. The van der Waals surface area contributed by atoms with Gasteiger partial charge in [-0.3, -0.25) is 4.79 Å². The first-order valence-corrected chi connectivity index (χ1v) is 8.53. The largest absolute Gasteiger partial charge is 0.484 e. The molecule has 0 spiro atoms. The van der Waals surface area contributed by atoms with Gasteiger partial charge in [0, 0.05) is 10.6 Å². The van der Waals surface area contributed by atoms with E-state index in [1.54, 1.807) is 48.5 Å². The van der Waals surface area contributed by atoms with Crippen LogP contribution in [-0.2, 0) is 4.79 Å². The zero-order valence-corrected chi connectivity index (χ0v) is 15.2. The number of carboxylic acids is 1. The van der Waals surface area contributed by atoms with Crippen molar-refractivity contribution in [1.82, 2.24) is 5.43 Å². The van der Waals surface area contributed by atoms with Gasteiger partial charge in [-0.25, -0.2) is 10.2 Å². The number of hydrazone groups is 1. The van der Waals surface area contributed by atoms with E-state index in [-0.39, 0.29) is 12.2 Å². The van der Waals surface area contributed by atoms with E-state index >= 15 is 0 Å². The summed E-state index contributed by atoms with van der Waals surface area (Å²) in [5.41, 5.74) is 3.26. The molecule has 0 radical (unpaired) electrons. The van der Waals surface area contributed by atoms with Gasteiger partial charge in [0.1, 0.15) is 17.3 Å². The SMILES string of the molecule is O=C(COc1ccc(Cl)cc1)NN=Cc1ccc(-c2ccc(C(=O)O)cc2)o1. The minimum absolute atomic E-state index is 0.195. The number of carbonyl (C=O) groups excluding carboxylic acids is 1. The molecule has 2 aromatic carbocycles. The van der Waals surface area contributed by atoms with Gasteiger partial charge in [0.2, 0.25) is 0 Å². The van der Waals surface area contributed by atoms with Crippen LogP contribution in [0, 0.1) is 0 Å². The number of rotatable bonds is 7. The third-order valence-electron chi connectivity index (χ3n) is 3.61. The minimum Gasteiger partial charge on any atom is -0.484 e. The van der Waals surface area contributed by atoms with Gasteiger partial charge in [0.15, 0.2) is 6.61 Å². The summed E-state index contributed by atoms with van der Waals surface area (Å²) in [6.07, 6.45) is 1.36. The first-order valence-electron chi connectivity index (χ1n) is 8.15. The van der Waals surface area contributed by atoms with Crippen LogP contribution in [0.5, 0.6) is 5.75 Å². The molecule has 0 fully saturated rings. The van der Waals surface area contributed by atoms with E-state index in [1.807, 2.05) is 0 Å². The van der Waals surface area contributed by atoms with Gasteiger partial charge in [0.05, 0.1) is 11.8 Å². The average Bonchev–Trinajstić information content (AvgIpc) is 3.16. The Hall–Kier alpha value is -3.58. The van der Waals surface area contributed by atoms with Crippen LogP contribution < -0.4 is 10.2 Å². The van der Waals surface area contributed by atoms with Crippen LogP contribution in [0.15, 0.2) is 70.2 Å². The topological polar surface area (TPSA) is 101 Å². The standard InChI is InChI=1S/C20H15ClN2O5/c21-15-5-7-16(8-6-15)27-12-19(24)23-22-11-17-9-10-18(28-17)13-1-3-14(4-2-13)20(25)26/h1-11H,12H2,(H,23,24)(H,25,26). The molecular weight excluding hydrogens is 384 g/mol. The minimum atomic E-state index is -0.991. The van der Waals surface area contributed by atoms with Crippen LogP contribution in [0.1, 0.15) is 16.1 Å². The Morgan fingerprint density at radius 3 is 2.46 bits per heavy atom. The maximum Gasteiger partial charge on any atom is 0.335 e. The molecule has 1 amide bonds. The van der Waals surface area contributed by atoms with Crippen molar-refractivity contribution in [1.29, 1.82) is 0 Å². The Bertz CT molecular complexity index is 994. The number of carboxylic acid groups (broad SMARTS) is 1. The van der Waals surface area contributed by atoms with Crippen LogP contribution in [0.2, 0.25) is 5.02 Å². The molecule has 7 nitrogen and oxygen atoms in total. The van der Waals surface area contributed by atoms with Crippen molar-refractivity contribution in [2.75, 3.05) is 6.61 Å². The molecule has 3 rings (SSSR count). The van der Waals surface area contributed by atoms with Crippen molar-refractivity contribution in [3.63, 3.8) is 0 Å². The lowest BCUT2D eigenvalue weighted by molar-refractivity contribution is -0.123. The number of aromatic carboxylic acids is 1. The summed E-state index contributed by atoms with van der Waals surface area (Å²) in [7, 11) is 0. The summed E-state index contributed by atoms with van der Waals surface area (Å²) < 4.78 is 10.9. The van der Waals surface area contributed by atoms with Crippen molar-refractivity contribution < 1.29 is 23.8 Å². The molecule has 0 unspecified atom stereocenters. The molecular formula is C20H15ClN2O5. The van der Waals surface area contributed by atoms with Crippen molar-refractivity contribution >= 4 is 29.7 Å². The number of halogens is 1. The molecule has 0 atom stereocenters. The number of hydrogen-bond donors (Lipinski definition) is 2. The zero-order chi connectivity index (χ0) is 19.9. The van der Waals surface area contributed by atoms with Gasteiger partial charge in [-0.2, -0.15) is 5.10 Å². The van der Waals surface area contributed by atoms with E-state index in [4.69, 9.17) is 25.9 Å². The Labute approximate surface area is 165 Å². The second kappa shape index (κ2) is 8.88. The lowest BCUT2D eigenvalue weighted by Gasteiger charge is -2.04. The highest BCUT2D eigenvalue weighted by molar-refractivity contribution is 6.30. The molecule has 0 saturated heterocycles. The summed E-state index contributed by atoms with van der Waals surface area (Å²) in [6.45, 7) is -0.196. The fourth-order valence-corrected chi connectivity index (χ4v) is 2.36. The normalized spacial score (nSPS) is 10.8. The maximum absolute atomic E-state index is 11.7. The number of nitrogens with one attached hydrogen (secondary N) is 1. The average molecular weight is 399 g/mol. The number of amides is 1. The fraction of sp³-hybridized carbons (Fsp3) is 0.0500. The lowest BCUT2D eigenvalue weighted by atomic mass is 10.1. The number of benzene rings is 2. The molecule has 1 heterocycles. The molecule has 0 saturated carbocycles. The molecule has 28 heavy (non-hydrogen) atoms. The van der Waals surface area contributed by atoms with Gasteiger partial charge >= 0.3 is 5.97 Å². The van der Waals surface area contributed by atoms with E-state index in [9.17, 15) is 9.59 Å². The smallest absolute Gasteiger partial charge is 0.335 e. The number of ether oxygens (including phenoxy) is 1. The Morgan fingerprint density at radius 2 is 1.79 bits per heavy atom. The first-order chi connectivity index (χ1) is 13.5. The van der Waals surface area contributed by atoms with Gasteiger partial charge < -0.3 is 14.3 Å². The predicted molar refractivity (Wildman–Crippen MR) is 104 cm³/mol. The molecule has 2 N–H and O–H groups in total. The molecule has 3 aromatic rings. The van der Waals surface area contributed by atoms with Gasteiger partial charge in [-0.05, 0) is 48.5 Å². The van der Waals surface area contributed by atoms with Crippen molar-refractivity contribution in [3.8, 4) is 17.1 Å². The highest BCUT2D eigenvalue weighted by Gasteiger charge is 2.07. The van der Waals surface area contributed by atoms with E-state index < -0.39 is 11.9 Å². The van der Waals surface area contributed by atoms with Crippen LogP contribution in [0.25, 0.3) is 11.3 Å². The predicted octanol–water partition coefficient (Wildman–Crippen LogP) is 3.83. The molecule has 8 heteroatoms. The van der Waals surface area contributed by atoms with Crippen molar-refractivity contribution in [2.24, 2.45) is 5.10 Å². The van der Waals surface area contributed by atoms with Crippen molar-refractivity contribution in [2.45, 2.75) is 0 Å². The van der Waals surface area contributed by atoms with Crippen molar-refractivity contribution in [3.05, 3.63) is 77.0 Å². The monoisotopic (exact) mass is 398 g/mol. The Balaban J connectivity index is 1.51. The van der Waals surface area contributed by atoms with E-state index in [0.29, 0.717) is 22.3 Å². The van der Waals surface area contributed by atoms with Gasteiger partial charge in [-0.15, -0.1) is 0 Å². The fourth-order valence-electron chi connectivity index (χ4n) is 2.23. The summed E-state index contributed by atoms with van der Waals surface area (Å²) in [5.74, 6) is 0.0805. The first kappa shape index (κ1) is 19.2. The molecule has 142 valence electrons. The number of carbonyl (C=O) groups is 2. The van der Waals surface area contributed by atoms with Crippen LogP contribution >= 0.6 is 11.6 Å². The summed E-state index contributed by atoms with van der Waals surface area (Å²) in [6, 6.07) is 16.3. The van der Waals surface area contributed by atoms with Gasteiger partial charge in [-0.1, -0.05) is 23.7 Å². The zero-order valence-electron chi connectivity index (χ0n) is 14.5. The number of nitrogens with zero attached hydrogens (tertiary/aromatic N) is 1. The second-order valence-corrected chi connectivity index (χ2v) is 6.06. The highest BCUT2D eigenvalue weighted by Crippen LogP contribution is 2.22. The third kappa shape index (κ3) is 5.21. The Morgan fingerprint density at radius 1 is 1.07 bits per heavy atom. The van der Waals surface area contributed by atoms with Gasteiger partial charge in [0.25, 0.3) is 5.91 Å². The second-order valence-electron chi connectivity index (χ2n) is 5.62. The number of furan rings is 1. The third-order valence-corrected chi connectivity index (χ3v) is 3.86. The molecule has 0 aliphatic carbocycles. The molecule has 0 bridgehead atoms. The van der Waals surface area contributed by atoms with Crippen LogP contribution in [0.3, 0.4) is 0 Å². The molecule has 0 aliphatic heterocycles. The van der Waals surface area contributed by atoms with E-state index in [1.165, 1.54) is 18.3 Å². The molecule has 0 aliphatic rings. The molecule has 1 aromatic heterocycles. The summed E-state index contributed by atoms with van der Waals surface area (Å²) >= 11 is 5.77. The Kier molecular flexibility index (Phi) is 6.08. The van der Waals surface area contributed by atoms with E-state index in [2.05, 4.69) is 10.5 Å². The van der Waals surface area contributed by atoms with Crippen LogP contribution in [0.4, 0.5) is 0 Å². The maximum atomic E-state index is 11.7. The lowest BCUT2D eigenvalue weighted by Crippen LogP contribution is -2.24. The quantitative estimate of drug-likeness (QED) is 0.465. The van der Waals surface area contributed by atoms with Crippen LogP contribution in [-0.4, -0.2) is 29.8 Å². The summed E-state index contributed by atoms with van der Waals surface area (Å²) in [4.78, 5) is 22.6.